The van der Waals surface area contributed by atoms with Crippen molar-refractivity contribution in [3.05, 3.63) is 39.2 Å². The van der Waals surface area contributed by atoms with Gasteiger partial charge in [-0.15, -0.1) is 0 Å². The van der Waals surface area contributed by atoms with E-state index in [0.29, 0.717) is 11.1 Å². The van der Waals surface area contributed by atoms with E-state index in [4.69, 9.17) is 11.6 Å². The molecule has 2 heterocycles. The molecule has 2 aromatic heterocycles. The largest absolute Gasteiger partial charge is 0.301 e. The molecule has 0 aliphatic heterocycles. The lowest BCUT2D eigenvalue weighted by Gasteiger charge is -2.09. The van der Waals surface area contributed by atoms with Crippen molar-refractivity contribution in [2.45, 2.75) is 19.8 Å². The number of pyridine rings is 1. The van der Waals surface area contributed by atoms with Crippen LogP contribution in [0, 0.1) is 3.70 Å². The summed E-state index contributed by atoms with van der Waals surface area (Å²) in [4.78, 5) is 8.58. The van der Waals surface area contributed by atoms with Crippen molar-refractivity contribution < 1.29 is 0 Å². The molecule has 84 valence electrons. The number of imidazole rings is 1. The normalized spacial score (nSPS) is 11.1. The van der Waals surface area contributed by atoms with Gasteiger partial charge in [0.25, 0.3) is 0 Å². The van der Waals surface area contributed by atoms with Crippen LogP contribution in [-0.2, 0) is 0 Å². The van der Waals surface area contributed by atoms with Crippen LogP contribution in [-0.4, -0.2) is 14.5 Å². The summed E-state index contributed by atoms with van der Waals surface area (Å²) < 4.78 is 3.03. The third-order valence-corrected chi connectivity index (χ3v) is 2.95. The maximum Gasteiger partial charge on any atom is 0.129 e. The van der Waals surface area contributed by atoms with Gasteiger partial charge < -0.3 is 4.57 Å². The van der Waals surface area contributed by atoms with E-state index in [1.807, 2.05) is 12.3 Å². The van der Waals surface area contributed by atoms with Crippen LogP contribution >= 0.6 is 34.2 Å². The van der Waals surface area contributed by atoms with Crippen molar-refractivity contribution >= 4 is 34.2 Å². The van der Waals surface area contributed by atoms with Crippen LogP contribution in [0.1, 0.15) is 25.6 Å². The number of rotatable bonds is 2. The Morgan fingerprint density at radius 3 is 2.69 bits per heavy atom. The third kappa shape index (κ3) is 2.38. The van der Waals surface area contributed by atoms with E-state index >= 15 is 0 Å². The van der Waals surface area contributed by atoms with Crippen LogP contribution < -0.4 is 0 Å². The van der Waals surface area contributed by atoms with Gasteiger partial charge in [0.15, 0.2) is 0 Å². The van der Waals surface area contributed by atoms with Gasteiger partial charge in [0.2, 0.25) is 0 Å². The highest BCUT2D eigenvalue weighted by Gasteiger charge is 2.11. The Morgan fingerprint density at radius 1 is 1.38 bits per heavy atom. The number of hydrogen-bond acceptors (Lipinski definition) is 2. The van der Waals surface area contributed by atoms with Gasteiger partial charge in [-0.25, -0.2) is 9.97 Å². The molecule has 0 radical (unpaired) electrons. The lowest BCUT2D eigenvalue weighted by Crippen LogP contribution is -2.02. The van der Waals surface area contributed by atoms with Crippen LogP contribution in [0.2, 0.25) is 5.15 Å². The monoisotopic (exact) mass is 347 g/mol. The number of hydrogen-bond donors (Lipinski definition) is 0. The summed E-state index contributed by atoms with van der Waals surface area (Å²) in [6, 6.07) is 3.73. The molecule has 0 amide bonds. The highest BCUT2D eigenvalue weighted by molar-refractivity contribution is 14.1. The molecule has 16 heavy (non-hydrogen) atoms. The van der Waals surface area contributed by atoms with E-state index in [1.54, 1.807) is 12.3 Å². The number of nitrogens with zero attached hydrogens (tertiary/aromatic N) is 3. The fourth-order valence-corrected chi connectivity index (χ4v) is 2.13. The second-order valence-corrected chi connectivity index (χ2v) is 5.28. The first kappa shape index (κ1) is 11.9. The Morgan fingerprint density at radius 2 is 2.12 bits per heavy atom. The molecule has 0 unspecified atom stereocenters. The molecule has 0 aromatic carbocycles. The molecule has 0 saturated carbocycles. The van der Waals surface area contributed by atoms with Crippen LogP contribution in [0.15, 0.2) is 24.5 Å². The molecule has 0 spiro atoms. The van der Waals surface area contributed by atoms with Gasteiger partial charge in [-0.2, -0.15) is 0 Å². The minimum atomic E-state index is 0.374. The Labute approximate surface area is 113 Å². The highest BCUT2D eigenvalue weighted by atomic mass is 127. The van der Waals surface area contributed by atoms with Crippen molar-refractivity contribution in [2.75, 3.05) is 0 Å². The lowest BCUT2D eigenvalue weighted by molar-refractivity contribution is 0.750. The fourth-order valence-electron chi connectivity index (χ4n) is 1.49. The zero-order valence-corrected chi connectivity index (χ0v) is 11.9. The second-order valence-electron chi connectivity index (χ2n) is 3.79. The molecule has 0 N–H and O–H groups in total. The fraction of sp³-hybridized carbons (Fsp3) is 0.273. The van der Waals surface area contributed by atoms with Crippen LogP contribution in [0.25, 0.3) is 5.69 Å². The molecule has 0 bridgehead atoms. The minimum absolute atomic E-state index is 0.374. The Hall–Kier alpha value is -0.620. The lowest BCUT2D eigenvalue weighted by atomic mass is 10.2. The maximum atomic E-state index is 5.77. The minimum Gasteiger partial charge on any atom is -0.301 e. The zero-order chi connectivity index (χ0) is 11.7. The summed E-state index contributed by atoms with van der Waals surface area (Å²) in [5, 5.41) is 0.504. The Balaban J connectivity index is 2.50. The molecule has 0 atom stereocenters. The molecule has 0 aliphatic rings. The third-order valence-electron chi connectivity index (χ3n) is 2.21. The molecule has 3 nitrogen and oxygen atoms in total. The van der Waals surface area contributed by atoms with Gasteiger partial charge in [0, 0.05) is 12.1 Å². The molecule has 0 saturated heterocycles. The first-order valence-corrected chi connectivity index (χ1v) is 6.40. The van der Waals surface area contributed by atoms with E-state index < -0.39 is 0 Å². The Kier molecular flexibility index (Phi) is 3.49. The first-order valence-electron chi connectivity index (χ1n) is 4.94. The maximum absolute atomic E-state index is 5.77. The summed E-state index contributed by atoms with van der Waals surface area (Å²) >= 11 is 7.98. The molecule has 2 rings (SSSR count). The van der Waals surface area contributed by atoms with Crippen molar-refractivity contribution in [1.29, 1.82) is 0 Å². The highest BCUT2D eigenvalue weighted by Crippen LogP contribution is 2.20. The average Bonchev–Trinajstić information content (AvgIpc) is 2.61. The van der Waals surface area contributed by atoms with Crippen LogP contribution in [0.4, 0.5) is 0 Å². The topological polar surface area (TPSA) is 30.7 Å². The van der Waals surface area contributed by atoms with E-state index in [1.165, 1.54) is 0 Å². The van der Waals surface area contributed by atoms with Crippen molar-refractivity contribution in [2.24, 2.45) is 0 Å². The summed E-state index contributed by atoms with van der Waals surface area (Å²) in [6.45, 7) is 4.25. The smallest absolute Gasteiger partial charge is 0.129 e. The molecule has 0 fully saturated rings. The van der Waals surface area contributed by atoms with Gasteiger partial charge in [0.05, 0.1) is 11.9 Å². The summed E-state index contributed by atoms with van der Waals surface area (Å²) in [7, 11) is 0. The summed E-state index contributed by atoms with van der Waals surface area (Å²) in [6.07, 6.45) is 3.76. The quantitative estimate of drug-likeness (QED) is 0.613. The predicted octanol–water partition coefficient (Wildman–Crippen LogP) is 3.65. The molecular formula is C11H11ClIN3. The summed E-state index contributed by atoms with van der Waals surface area (Å²) in [5.41, 5.74) is 0.989. The zero-order valence-electron chi connectivity index (χ0n) is 8.98. The molecular weight excluding hydrogens is 336 g/mol. The van der Waals surface area contributed by atoms with Crippen molar-refractivity contribution in [3.63, 3.8) is 0 Å². The number of halogens is 2. The average molecular weight is 348 g/mol. The molecule has 0 aliphatic carbocycles. The second kappa shape index (κ2) is 4.71. The van der Waals surface area contributed by atoms with E-state index in [-0.39, 0.29) is 0 Å². The predicted molar refractivity (Wildman–Crippen MR) is 73.2 cm³/mol. The van der Waals surface area contributed by atoms with Gasteiger partial charge in [-0.1, -0.05) is 25.4 Å². The molecule has 5 heteroatoms. The summed E-state index contributed by atoms with van der Waals surface area (Å²) in [5.74, 6) is 1.41. The van der Waals surface area contributed by atoms with E-state index in [0.717, 1.165) is 15.2 Å². The molecule has 2 aromatic rings. The van der Waals surface area contributed by atoms with Gasteiger partial charge >= 0.3 is 0 Å². The Bertz CT molecular complexity index is 490. The van der Waals surface area contributed by atoms with Crippen molar-refractivity contribution in [3.8, 4) is 5.69 Å². The van der Waals surface area contributed by atoms with Crippen LogP contribution in [0.3, 0.4) is 0 Å². The SMILES string of the molecule is CC(C)c1nc(I)cn1-c1ccc(Cl)nc1. The van der Waals surface area contributed by atoms with Crippen LogP contribution in [0.5, 0.6) is 0 Å². The van der Waals surface area contributed by atoms with Crippen molar-refractivity contribution in [1.82, 2.24) is 14.5 Å². The number of aromatic nitrogens is 3. The van der Waals surface area contributed by atoms with Gasteiger partial charge in [-0.3, -0.25) is 0 Å². The first-order chi connectivity index (χ1) is 7.58. The van der Waals surface area contributed by atoms with E-state index in [2.05, 4.69) is 51.0 Å². The standard InChI is InChI=1S/C11H11ClIN3/c1-7(2)11-15-10(13)6-16(11)8-3-4-9(12)14-5-8/h3-7H,1-2H3. The van der Waals surface area contributed by atoms with Gasteiger partial charge in [-0.05, 0) is 34.7 Å². The van der Waals surface area contributed by atoms with E-state index in [9.17, 15) is 0 Å². The van der Waals surface area contributed by atoms with Gasteiger partial charge in [0.1, 0.15) is 14.7 Å².